The van der Waals surface area contributed by atoms with Crippen LogP contribution in [0, 0.1) is 5.92 Å². The van der Waals surface area contributed by atoms with Gasteiger partial charge in [0, 0.05) is 37.6 Å². The van der Waals surface area contributed by atoms with E-state index in [9.17, 15) is 9.59 Å². The molecule has 0 aliphatic carbocycles. The zero-order valence-corrected chi connectivity index (χ0v) is 17.5. The van der Waals surface area contributed by atoms with E-state index in [1.807, 2.05) is 30.3 Å². The quantitative estimate of drug-likeness (QED) is 0.578. The van der Waals surface area contributed by atoms with E-state index in [4.69, 9.17) is 0 Å². The number of hydrogen-bond donors (Lipinski definition) is 2. The lowest BCUT2D eigenvalue weighted by molar-refractivity contribution is -0.126. The number of hydrogen-bond acceptors (Lipinski definition) is 4. The van der Waals surface area contributed by atoms with Crippen molar-refractivity contribution in [2.75, 3.05) is 19.6 Å². The zero-order valence-electron chi connectivity index (χ0n) is 17.5. The summed E-state index contributed by atoms with van der Waals surface area (Å²) >= 11 is 0. The summed E-state index contributed by atoms with van der Waals surface area (Å²) < 4.78 is 0. The van der Waals surface area contributed by atoms with Crippen LogP contribution in [0.2, 0.25) is 0 Å². The Balaban J connectivity index is 1.28. The van der Waals surface area contributed by atoms with Crippen LogP contribution in [0.25, 0.3) is 11.3 Å². The molecule has 7 heteroatoms. The highest BCUT2D eigenvalue weighted by atomic mass is 16.2. The van der Waals surface area contributed by atoms with E-state index < -0.39 is 0 Å². The maximum atomic E-state index is 12.9. The molecule has 0 radical (unpaired) electrons. The molecule has 1 fully saturated rings. The fourth-order valence-electron chi connectivity index (χ4n) is 3.94. The summed E-state index contributed by atoms with van der Waals surface area (Å²) in [6.45, 7) is 1.74. The first kappa shape index (κ1) is 20.8. The lowest BCUT2D eigenvalue weighted by Gasteiger charge is -2.31. The Morgan fingerprint density at radius 2 is 1.94 bits per heavy atom. The van der Waals surface area contributed by atoms with Crippen molar-refractivity contribution in [3.63, 3.8) is 0 Å². The summed E-state index contributed by atoms with van der Waals surface area (Å²) in [5, 5.41) is 10.1. The minimum absolute atomic E-state index is 0.0349. The molecule has 3 aromatic rings. The Bertz CT molecular complexity index is 1000. The lowest BCUT2D eigenvalue weighted by Crippen LogP contribution is -2.45. The minimum Gasteiger partial charge on any atom is -0.356 e. The maximum Gasteiger partial charge on any atom is 0.271 e. The summed E-state index contributed by atoms with van der Waals surface area (Å²) in [6.07, 6.45) is 6.85. The largest absolute Gasteiger partial charge is 0.356 e. The number of H-pyrrole nitrogens is 1. The number of likely N-dealkylation sites (tertiary alicyclic amines) is 1. The van der Waals surface area contributed by atoms with Crippen molar-refractivity contribution in [1.29, 1.82) is 0 Å². The number of rotatable bonds is 7. The number of carbonyl (C=O) groups excluding carboxylic acids is 2. The van der Waals surface area contributed by atoms with Crippen LogP contribution in [0.15, 0.2) is 60.9 Å². The van der Waals surface area contributed by atoms with Gasteiger partial charge >= 0.3 is 0 Å². The molecule has 4 rings (SSSR count). The molecule has 2 amide bonds. The molecule has 0 unspecified atom stereocenters. The van der Waals surface area contributed by atoms with E-state index in [-0.39, 0.29) is 17.7 Å². The number of piperidine rings is 1. The fraction of sp³-hybridized carbons (Fsp3) is 0.333. The van der Waals surface area contributed by atoms with Crippen LogP contribution in [-0.2, 0) is 11.2 Å². The molecule has 7 nitrogen and oxygen atoms in total. The van der Waals surface area contributed by atoms with Gasteiger partial charge in [-0.05, 0) is 49.4 Å². The molecule has 160 valence electrons. The van der Waals surface area contributed by atoms with Gasteiger partial charge in [0.2, 0.25) is 5.91 Å². The maximum absolute atomic E-state index is 12.9. The second kappa shape index (κ2) is 10.0. The highest BCUT2D eigenvalue weighted by molar-refractivity contribution is 5.94. The Morgan fingerprint density at radius 1 is 1.13 bits per heavy atom. The first-order valence-corrected chi connectivity index (χ1v) is 10.8. The fourth-order valence-corrected chi connectivity index (χ4v) is 3.94. The Kier molecular flexibility index (Phi) is 6.72. The second-order valence-corrected chi connectivity index (χ2v) is 7.87. The number of aromatic amines is 1. The summed E-state index contributed by atoms with van der Waals surface area (Å²) in [6, 6.07) is 15.7. The molecular weight excluding hydrogens is 390 g/mol. The van der Waals surface area contributed by atoms with Crippen LogP contribution in [0.3, 0.4) is 0 Å². The monoisotopic (exact) mass is 417 g/mol. The number of pyridine rings is 1. The number of aryl methyl sites for hydroxylation is 1. The average molecular weight is 418 g/mol. The summed E-state index contributed by atoms with van der Waals surface area (Å²) in [7, 11) is 0. The molecule has 1 aliphatic heterocycles. The molecule has 1 aromatic carbocycles. The molecule has 1 atom stereocenters. The van der Waals surface area contributed by atoms with Crippen LogP contribution in [0.1, 0.15) is 35.3 Å². The molecule has 31 heavy (non-hydrogen) atoms. The number of aromatic nitrogens is 3. The lowest BCUT2D eigenvalue weighted by atomic mass is 9.96. The van der Waals surface area contributed by atoms with Gasteiger partial charge in [-0.2, -0.15) is 5.10 Å². The van der Waals surface area contributed by atoms with Crippen LogP contribution in [0.4, 0.5) is 0 Å². The van der Waals surface area contributed by atoms with E-state index in [0.717, 1.165) is 31.2 Å². The topological polar surface area (TPSA) is 91.0 Å². The van der Waals surface area contributed by atoms with Crippen molar-refractivity contribution in [2.45, 2.75) is 25.7 Å². The first-order valence-electron chi connectivity index (χ1n) is 10.8. The van der Waals surface area contributed by atoms with Crippen molar-refractivity contribution in [2.24, 2.45) is 5.92 Å². The standard InChI is InChI=1S/C24H27N5O2/c30-23(26-12-4-8-18-6-2-1-3-7-18)20-9-5-15-29(17-20)24(31)22-16-21(27-28-22)19-10-13-25-14-11-19/h1-3,6-7,10-11,13-14,16,20H,4-5,8-9,12,15,17H2,(H,26,30)(H,27,28)/t20-/m1/s1. The van der Waals surface area contributed by atoms with Gasteiger partial charge in [0.05, 0.1) is 11.6 Å². The van der Waals surface area contributed by atoms with Crippen LogP contribution in [0.5, 0.6) is 0 Å². The third-order valence-electron chi connectivity index (χ3n) is 5.65. The van der Waals surface area contributed by atoms with E-state index in [2.05, 4.69) is 32.6 Å². The first-order chi connectivity index (χ1) is 15.2. The molecule has 3 heterocycles. The minimum atomic E-state index is -0.169. The normalized spacial score (nSPS) is 16.1. The van der Waals surface area contributed by atoms with Crippen LogP contribution < -0.4 is 5.32 Å². The third-order valence-corrected chi connectivity index (χ3v) is 5.65. The molecule has 1 aliphatic rings. The number of benzene rings is 1. The number of nitrogens with zero attached hydrogens (tertiary/aromatic N) is 3. The molecule has 0 saturated carbocycles. The van der Waals surface area contributed by atoms with E-state index in [0.29, 0.717) is 31.0 Å². The van der Waals surface area contributed by atoms with E-state index >= 15 is 0 Å². The molecular formula is C24H27N5O2. The third kappa shape index (κ3) is 5.36. The molecule has 2 N–H and O–H groups in total. The smallest absolute Gasteiger partial charge is 0.271 e. The molecule has 0 spiro atoms. The average Bonchev–Trinajstić information content (AvgIpc) is 3.33. The van der Waals surface area contributed by atoms with Crippen LogP contribution in [-0.4, -0.2) is 51.5 Å². The Hall–Kier alpha value is -3.48. The Morgan fingerprint density at radius 3 is 2.74 bits per heavy atom. The highest BCUT2D eigenvalue weighted by Crippen LogP contribution is 2.21. The SMILES string of the molecule is O=C(NCCCc1ccccc1)[C@@H]1CCCN(C(=O)c2cc(-c3ccncc3)n[nH]2)C1. The van der Waals surface area contributed by atoms with Crippen molar-refractivity contribution >= 4 is 11.8 Å². The van der Waals surface area contributed by atoms with Crippen LogP contribution >= 0.6 is 0 Å². The number of nitrogens with one attached hydrogen (secondary N) is 2. The summed E-state index contributed by atoms with van der Waals surface area (Å²) in [5.74, 6) is -0.251. The summed E-state index contributed by atoms with van der Waals surface area (Å²) in [4.78, 5) is 31.3. The summed E-state index contributed by atoms with van der Waals surface area (Å²) in [5.41, 5.74) is 3.32. The number of carbonyl (C=O) groups is 2. The molecule has 0 bridgehead atoms. The van der Waals surface area contributed by atoms with Gasteiger partial charge in [-0.15, -0.1) is 0 Å². The molecule has 1 saturated heterocycles. The zero-order chi connectivity index (χ0) is 21.5. The Labute approximate surface area is 181 Å². The number of amides is 2. The van der Waals surface area contributed by atoms with Gasteiger partial charge < -0.3 is 10.2 Å². The highest BCUT2D eigenvalue weighted by Gasteiger charge is 2.29. The van der Waals surface area contributed by atoms with Gasteiger partial charge in [0.1, 0.15) is 5.69 Å². The van der Waals surface area contributed by atoms with Crippen molar-refractivity contribution < 1.29 is 9.59 Å². The van der Waals surface area contributed by atoms with Gasteiger partial charge in [0.15, 0.2) is 0 Å². The van der Waals surface area contributed by atoms with Gasteiger partial charge in [-0.1, -0.05) is 30.3 Å². The predicted octanol–water partition coefficient (Wildman–Crippen LogP) is 3.07. The van der Waals surface area contributed by atoms with E-state index in [1.165, 1.54) is 5.56 Å². The van der Waals surface area contributed by atoms with Gasteiger partial charge in [-0.25, -0.2) is 0 Å². The van der Waals surface area contributed by atoms with Crippen molar-refractivity contribution in [3.8, 4) is 11.3 Å². The molecule has 2 aromatic heterocycles. The second-order valence-electron chi connectivity index (χ2n) is 7.87. The van der Waals surface area contributed by atoms with Gasteiger partial charge in [0.25, 0.3) is 5.91 Å². The van der Waals surface area contributed by atoms with Crippen molar-refractivity contribution in [3.05, 3.63) is 72.2 Å². The van der Waals surface area contributed by atoms with Gasteiger partial charge in [-0.3, -0.25) is 19.7 Å². The van der Waals surface area contributed by atoms with E-state index in [1.54, 1.807) is 23.4 Å². The van der Waals surface area contributed by atoms with Crippen molar-refractivity contribution in [1.82, 2.24) is 25.4 Å². The predicted molar refractivity (Wildman–Crippen MR) is 118 cm³/mol.